The summed E-state index contributed by atoms with van der Waals surface area (Å²) in [5, 5.41) is 38.6. The van der Waals surface area contributed by atoms with Gasteiger partial charge in [0.05, 0.1) is 0 Å². The van der Waals surface area contributed by atoms with E-state index in [0.717, 1.165) is 47.9 Å². The lowest BCUT2D eigenvalue weighted by Crippen LogP contribution is -1.93. The van der Waals surface area contributed by atoms with E-state index in [1.54, 1.807) is 36.4 Å². The quantitative estimate of drug-likeness (QED) is 0.256. The average Bonchev–Trinajstić information content (AvgIpc) is 2.80. The third-order valence-corrected chi connectivity index (χ3v) is 5.49. The van der Waals surface area contributed by atoms with E-state index in [0.29, 0.717) is 11.5 Å². The van der Waals surface area contributed by atoms with Crippen molar-refractivity contribution in [2.45, 2.75) is 25.7 Å². The van der Waals surface area contributed by atoms with E-state index in [1.165, 1.54) is 6.07 Å². The Labute approximate surface area is 192 Å². The van der Waals surface area contributed by atoms with Crippen LogP contribution in [0.3, 0.4) is 0 Å². The molecule has 0 amide bonds. The Kier molecular flexibility index (Phi) is 6.69. The molecule has 0 heterocycles. The zero-order valence-electron chi connectivity index (χ0n) is 18.1. The first-order chi connectivity index (χ1) is 15.9. The van der Waals surface area contributed by atoms with Gasteiger partial charge in [-0.05, 0) is 96.5 Å². The Hall–Kier alpha value is -4.12. The van der Waals surface area contributed by atoms with Crippen LogP contribution in [0, 0.1) is 0 Å². The Morgan fingerprint density at radius 1 is 0.424 bits per heavy atom. The first-order valence-electron chi connectivity index (χ1n) is 10.8. The second kappa shape index (κ2) is 10.0. The van der Waals surface area contributed by atoms with Gasteiger partial charge in [0, 0.05) is 6.07 Å². The van der Waals surface area contributed by atoms with Crippen LogP contribution in [0.2, 0.25) is 0 Å². The van der Waals surface area contributed by atoms with Crippen molar-refractivity contribution in [2.24, 2.45) is 0 Å². The molecule has 0 saturated heterocycles. The van der Waals surface area contributed by atoms with E-state index >= 15 is 0 Å². The largest absolute Gasteiger partial charge is 0.508 e. The van der Waals surface area contributed by atoms with Gasteiger partial charge in [-0.2, -0.15) is 0 Å². The number of phenolic OH excluding ortho intramolecular Hbond substituents is 4. The van der Waals surface area contributed by atoms with Crippen LogP contribution in [0.25, 0.3) is 0 Å². The fourth-order valence-electron chi connectivity index (χ4n) is 3.67. The predicted molar refractivity (Wildman–Crippen MR) is 127 cm³/mol. The summed E-state index contributed by atoms with van der Waals surface area (Å²) in [4.78, 5) is 0. The molecule has 0 aromatic heterocycles. The molecule has 33 heavy (non-hydrogen) atoms. The molecule has 168 valence electrons. The van der Waals surface area contributed by atoms with Gasteiger partial charge in [-0.3, -0.25) is 0 Å². The highest BCUT2D eigenvalue weighted by Gasteiger charge is 2.06. The summed E-state index contributed by atoms with van der Waals surface area (Å²) in [6, 6.07) is 25.0. The van der Waals surface area contributed by atoms with E-state index in [2.05, 4.69) is 0 Å². The van der Waals surface area contributed by atoms with Crippen molar-refractivity contribution in [1.29, 1.82) is 0 Å². The fraction of sp³-hybridized carbons (Fsp3) is 0.143. The maximum Gasteiger partial charge on any atom is 0.157 e. The predicted octanol–water partition coefficient (Wildman–Crippen LogP) is 5.87. The molecular weight excluding hydrogens is 416 g/mol. The third-order valence-electron chi connectivity index (χ3n) is 5.49. The molecule has 5 nitrogen and oxygen atoms in total. The van der Waals surface area contributed by atoms with Gasteiger partial charge in [0.15, 0.2) is 11.5 Å². The number of aromatic hydroxyl groups is 4. The first kappa shape index (κ1) is 22.1. The SMILES string of the molecule is Oc1ccc(CCc2cc(O)cc(Oc3ccc(CCc4ccc(O)c(O)c4)cc3)c2)cc1. The molecule has 0 atom stereocenters. The lowest BCUT2D eigenvalue weighted by molar-refractivity contribution is 0.403. The van der Waals surface area contributed by atoms with Crippen LogP contribution in [-0.2, 0) is 25.7 Å². The van der Waals surface area contributed by atoms with Gasteiger partial charge in [0.2, 0.25) is 0 Å². The number of benzene rings is 4. The molecule has 0 radical (unpaired) electrons. The second-order valence-electron chi connectivity index (χ2n) is 8.07. The van der Waals surface area contributed by atoms with Gasteiger partial charge in [-0.1, -0.05) is 30.3 Å². The van der Waals surface area contributed by atoms with Gasteiger partial charge < -0.3 is 25.2 Å². The van der Waals surface area contributed by atoms with E-state index in [-0.39, 0.29) is 23.0 Å². The van der Waals surface area contributed by atoms with Crippen molar-refractivity contribution in [2.75, 3.05) is 0 Å². The summed E-state index contributed by atoms with van der Waals surface area (Å²) in [7, 11) is 0. The lowest BCUT2D eigenvalue weighted by Gasteiger charge is -2.10. The van der Waals surface area contributed by atoms with Gasteiger partial charge in [0.1, 0.15) is 23.0 Å². The molecule has 4 aromatic rings. The van der Waals surface area contributed by atoms with Crippen LogP contribution in [0.15, 0.2) is 84.9 Å². The van der Waals surface area contributed by atoms with Crippen LogP contribution < -0.4 is 4.74 Å². The summed E-state index contributed by atoms with van der Waals surface area (Å²) in [5.74, 6) is 1.43. The zero-order chi connectivity index (χ0) is 23.2. The van der Waals surface area contributed by atoms with Crippen LogP contribution >= 0.6 is 0 Å². The molecule has 0 aliphatic carbocycles. The number of rotatable bonds is 8. The van der Waals surface area contributed by atoms with Crippen LogP contribution in [0.4, 0.5) is 0 Å². The monoisotopic (exact) mass is 442 g/mol. The van der Waals surface area contributed by atoms with Gasteiger partial charge in [0.25, 0.3) is 0 Å². The molecule has 0 fully saturated rings. The van der Waals surface area contributed by atoms with Crippen molar-refractivity contribution in [1.82, 2.24) is 0 Å². The highest BCUT2D eigenvalue weighted by Crippen LogP contribution is 2.29. The molecular formula is C28H26O5. The van der Waals surface area contributed by atoms with Crippen molar-refractivity contribution in [3.63, 3.8) is 0 Å². The van der Waals surface area contributed by atoms with Crippen LogP contribution in [0.1, 0.15) is 22.3 Å². The van der Waals surface area contributed by atoms with Crippen molar-refractivity contribution in [3.8, 4) is 34.5 Å². The Morgan fingerprint density at radius 2 is 1.00 bits per heavy atom. The van der Waals surface area contributed by atoms with Crippen molar-refractivity contribution >= 4 is 0 Å². The Morgan fingerprint density at radius 3 is 1.67 bits per heavy atom. The van der Waals surface area contributed by atoms with Gasteiger partial charge in [-0.25, -0.2) is 0 Å². The molecule has 0 saturated carbocycles. The van der Waals surface area contributed by atoms with Crippen LogP contribution in [-0.4, -0.2) is 20.4 Å². The van der Waals surface area contributed by atoms with E-state index < -0.39 is 0 Å². The minimum absolute atomic E-state index is 0.107. The van der Waals surface area contributed by atoms with Gasteiger partial charge >= 0.3 is 0 Å². The zero-order valence-corrected chi connectivity index (χ0v) is 18.1. The molecule has 4 N–H and O–H groups in total. The smallest absolute Gasteiger partial charge is 0.157 e. The minimum Gasteiger partial charge on any atom is -0.508 e. The fourth-order valence-corrected chi connectivity index (χ4v) is 3.67. The van der Waals surface area contributed by atoms with E-state index in [1.807, 2.05) is 42.5 Å². The molecule has 0 bridgehead atoms. The van der Waals surface area contributed by atoms with Crippen molar-refractivity contribution < 1.29 is 25.2 Å². The molecule has 4 aromatic carbocycles. The molecule has 0 unspecified atom stereocenters. The Balaban J connectivity index is 1.36. The Bertz CT molecular complexity index is 1210. The third kappa shape index (κ3) is 6.20. The van der Waals surface area contributed by atoms with Gasteiger partial charge in [-0.15, -0.1) is 0 Å². The number of ether oxygens (including phenoxy) is 1. The number of hydrogen-bond acceptors (Lipinski definition) is 5. The second-order valence-corrected chi connectivity index (χ2v) is 8.07. The first-order valence-corrected chi connectivity index (χ1v) is 10.8. The average molecular weight is 443 g/mol. The standard InChI is InChI=1S/C28H26O5/c29-23-10-5-19(6-11-23)2-4-22-15-24(30)18-26(16-22)33-25-12-7-20(8-13-25)1-3-21-9-14-27(31)28(32)17-21/h5-18,29-32H,1-4H2. The summed E-state index contributed by atoms with van der Waals surface area (Å²) < 4.78 is 5.96. The maximum absolute atomic E-state index is 10.1. The molecule has 0 aliphatic heterocycles. The summed E-state index contributed by atoms with van der Waals surface area (Å²) in [6.45, 7) is 0. The maximum atomic E-state index is 10.1. The summed E-state index contributed by atoms with van der Waals surface area (Å²) in [6.07, 6.45) is 3.06. The van der Waals surface area contributed by atoms with Crippen molar-refractivity contribution in [3.05, 3.63) is 107 Å². The topological polar surface area (TPSA) is 90.2 Å². The number of aryl methyl sites for hydroxylation is 4. The minimum atomic E-state index is -0.115. The van der Waals surface area contributed by atoms with Crippen LogP contribution in [0.5, 0.6) is 34.5 Å². The molecule has 0 spiro atoms. The number of hydrogen-bond donors (Lipinski definition) is 4. The highest BCUT2D eigenvalue weighted by molar-refractivity contribution is 5.42. The molecule has 4 rings (SSSR count). The van der Waals surface area contributed by atoms with E-state index in [9.17, 15) is 20.4 Å². The number of phenols is 4. The molecule has 5 heteroatoms. The normalized spacial score (nSPS) is 10.8. The lowest BCUT2D eigenvalue weighted by atomic mass is 10.0. The highest BCUT2D eigenvalue weighted by atomic mass is 16.5. The summed E-state index contributed by atoms with van der Waals surface area (Å²) >= 11 is 0. The summed E-state index contributed by atoms with van der Waals surface area (Å²) in [5.41, 5.74) is 4.15. The van der Waals surface area contributed by atoms with E-state index in [4.69, 9.17) is 4.74 Å². The molecule has 0 aliphatic rings.